The summed E-state index contributed by atoms with van der Waals surface area (Å²) < 4.78 is 12.0. The summed E-state index contributed by atoms with van der Waals surface area (Å²) >= 11 is 0. The van der Waals surface area contributed by atoms with E-state index >= 15 is 0 Å². The Hall–Kier alpha value is -1.17. The lowest BCUT2D eigenvalue weighted by molar-refractivity contribution is -0.139. The number of halogens is 1. The van der Waals surface area contributed by atoms with Gasteiger partial charge in [-0.1, -0.05) is 0 Å². The van der Waals surface area contributed by atoms with Crippen LogP contribution in [0, 0.1) is 5.92 Å². The normalized spacial score (nSPS) is 15.2. The number of carboxylic acids is 1. The Bertz CT molecular complexity index is 186. The lowest BCUT2D eigenvalue weighted by atomic mass is 10.0. The van der Waals surface area contributed by atoms with Gasteiger partial charge in [-0.25, -0.2) is 0 Å². The first-order chi connectivity index (χ1) is 5.49. The van der Waals surface area contributed by atoms with Gasteiger partial charge in [0, 0.05) is 0 Å². The van der Waals surface area contributed by atoms with Crippen molar-refractivity contribution in [1.29, 1.82) is 0 Å². The van der Waals surface area contributed by atoms with Crippen molar-refractivity contribution in [1.82, 2.24) is 0 Å². The second-order valence-corrected chi connectivity index (χ2v) is 2.43. The minimum Gasteiger partial charge on any atom is -0.480 e. The number of hydrogen-bond acceptors (Lipinski definition) is 3. The Morgan fingerprint density at radius 1 is 1.50 bits per heavy atom. The van der Waals surface area contributed by atoms with Gasteiger partial charge in [-0.15, -0.1) is 0 Å². The Balaban J connectivity index is 4.02. The predicted octanol–water partition coefficient (Wildman–Crippen LogP) is -1.14. The van der Waals surface area contributed by atoms with Crippen molar-refractivity contribution in [2.75, 3.05) is 6.67 Å². The quantitative estimate of drug-likeness (QED) is 0.494. The van der Waals surface area contributed by atoms with E-state index in [9.17, 15) is 14.0 Å². The van der Waals surface area contributed by atoms with Crippen LogP contribution < -0.4 is 11.5 Å². The van der Waals surface area contributed by atoms with Gasteiger partial charge in [0.05, 0.1) is 5.92 Å². The maximum Gasteiger partial charge on any atom is 0.320 e. The molecule has 0 aromatic carbocycles. The van der Waals surface area contributed by atoms with E-state index < -0.39 is 30.5 Å². The highest BCUT2D eigenvalue weighted by Crippen LogP contribution is 2.05. The molecule has 0 aliphatic heterocycles. The van der Waals surface area contributed by atoms with Crippen LogP contribution in [-0.4, -0.2) is 29.7 Å². The van der Waals surface area contributed by atoms with Crippen LogP contribution >= 0.6 is 0 Å². The van der Waals surface area contributed by atoms with Crippen LogP contribution in [0.5, 0.6) is 0 Å². The molecule has 0 heterocycles. The molecule has 0 aliphatic rings. The average molecular weight is 178 g/mol. The second kappa shape index (κ2) is 4.66. The van der Waals surface area contributed by atoms with Crippen molar-refractivity contribution < 1.29 is 19.1 Å². The lowest BCUT2D eigenvalue weighted by Crippen LogP contribution is -2.37. The summed E-state index contributed by atoms with van der Waals surface area (Å²) in [6.07, 6.45) is -0.263. The molecule has 0 fully saturated rings. The zero-order valence-electron chi connectivity index (χ0n) is 6.37. The molecule has 0 aliphatic carbocycles. The Morgan fingerprint density at radius 2 is 2.00 bits per heavy atom. The number of carbonyl (C=O) groups is 2. The molecule has 0 bridgehead atoms. The van der Waals surface area contributed by atoms with Gasteiger partial charge >= 0.3 is 5.97 Å². The molecule has 0 aromatic heterocycles. The van der Waals surface area contributed by atoms with Crippen LogP contribution in [0.2, 0.25) is 0 Å². The van der Waals surface area contributed by atoms with E-state index in [-0.39, 0.29) is 6.42 Å². The number of amides is 1. The number of primary amides is 1. The van der Waals surface area contributed by atoms with Crippen molar-refractivity contribution in [3.8, 4) is 0 Å². The number of nitrogens with two attached hydrogens (primary N) is 2. The molecule has 5 nitrogen and oxygen atoms in total. The summed E-state index contributed by atoms with van der Waals surface area (Å²) in [5.74, 6) is -3.24. The third-order valence-electron chi connectivity index (χ3n) is 1.44. The molecule has 12 heavy (non-hydrogen) atoms. The van der Waals surface area contributed by atoms with E-state index in [0.29, 0.717) is 0 Å². The highest BCUT2D eigenvalue weighted by Gasteiger charge is 2.22. The standard InChI is InChI=1S/C6H11FN2O3/c7-2-3(5(9)10)1-4(8)6(11)12/h3-4H,1-2,8H2,(H2,9,10)(H,11,12)/t3?,4-/m0/s1. The third kappa shape index (κ3) is 3.29. The largest absolute Gasteiger partial charge is 0.480 e. The van der Waals surface area contributed by atoms with E-state index in [1.165, 1.54) is 0 Å². The minimum atomic E-state index is -1.27. The lowest BCUT2D eigenvalue weighted by Gasteiger charge is -2.11. The summed E-state index contributed by atoms with van der Waals surface area (Å²) in [6, 6.07) is -1.24. The monoisotopic (exact) mass is 178 g/mol. The number of alkyl halides is 1. The van der Waals surface area contributed by atoms with E-state index in [4.69, 9.17) is 16.6 Å². The van der Waals surface area contributed by atoms with Crippen LogP contribution in [0.1, 0.15) is 6.42 Å². The van der Waals surface area contributed by atoms with E-state index in [0.717, 1.165) is 0 Å². The Morgan fingerprint density at radius 3 is 2.25 bits per heavy atom. The molecule has 0 saturated heterocycles. The molecule has 1 amide bonds. The highest BCUT2D eigenvalue weighted by atomic mass is 19.1. The van der Waals surface area contributed by atoms with Gasteiger partial charge in [0.1, 0.15) is 12.7 Å². The molecule has 6 heteroatoms. The predicted molar refractivity (Wildman–Crippen MR) is 38.9 cm³/mol. The first-order valence-electron chi connectivity index (χ1n) is 3.32. The fourth-order valence-corrected chi connectivity index (χ4v) is 0.663. The number of hydrogen-bond donors (Lipinski definition) is 3. The van der Waals surface area contributed by atoms with Crippen LogP contribution in [0.3, 0.4) is 0 Å². The molecule has 70 valence electrons. The van der Waals surface area contributed by atoms with Gasteiger partial charge in [-0.2, -0.15) is 0 Å². The minimum absolute atomic E-state index is 0.263. The summed E-state index contributed by atoms with van der Waals surface area (Å²) in [5, 5.41) is 8.31. The topological polar surface area (TPSA) is 106 Å². The number of aliphatic carboxylic acids is 1. The molecule has 0 saturated carbocycles. The van der Waals surface area contributed by atoms with Crippen molar-refractivity contribution in [3.63, 3.8) is 0 Å². The molecule has 0 rings (SSSR count). The number of rotatable bonds is 5. The molecule has 0 spiro atoms. The van der Waals surface area contributed by atoms with Gasteiger partial charge in [0.25, 0.3) is 0 Å². The van der Waals surface area contributed by atoms with Gasteiger partial charge < -0.3 is 16.6 Å². The van der Waals surface area contributed by atoms with Crippen LogP contribution in [0.25, 0.3) is 0 Å². The van der Waals surface area contributed by atoms with Gasteiger partial charge in [-0.3, -0.25) is 14.0 Å². The number of carboxylic acid groups (broad SMARTS) is 1. The summed E-state index contributed by atoms with van der Waals surface area (Å²) in [6.45, 7) is -0.976. The van der Waals surface area contributed by atoms with Crippen LogP contribution in [0.15, 0.2) is 0 Å². The van der Waals surface area contributed by atoms with Gasteiger partial charge in [0.15, 0.2) is 0 Å². The smallest absolute Gasteiger partial charge is 0.320 e. The summed E-state index contributed by atoms with van der Waals surface area (Å²) in [5.41, 5.74) is 9.82. The Kier molecular flexibility index (Phi) is 4.20. The van der Waals surface area contributed by atoms with E-state index in [1.54, 1.807) is 0 Å². The second-order valence-electron chi connectivity index (χ2n) is 2.43. The highest BCUT2D eigenvalue weighted by molar-refractivity contribution is 5.79. The average Bonchev–Trinajstić information content (AvgIpc) is 1.98. The third-order valence-corrected chi connectivity index (χ3v) is 1.44. The van der Waals surface area contributed by atoms with Crippen molar-refractivity contribution >= 4 is 11.9 Å². The Labute approximate surface area is 68.5 Å². The molecule has 0 aromatic rings. The fourth-order valence-electron chi connectivity index (χ4n) is 0.663. The zero-order chi connectivity index (χ0) is 9.72. The SMILES string of the molecule is NC(=O)C(CF)C[C@H](N)C(=O)O. The van der Waals surface area contributed by atoms with Crippen molar-refractivity contribution in [3.05, 3.63) is 0 Å². The first-order valence-corrected chi connectivity index (χ1v) is 3.32. The van der Waals surface area contributed by atoms with Crippen molar-refractivity contribution in [2.24, 2.45) is 17.4 Å². The number of carbonyl (C=O) groups excluding carboxylic acids is 1. The summed E-state index contributed by atoms with van der Waals surface area (Å²) in [4.78, 5) is 20.6. The van der Waals surface area contributed by atoms with E-state index in [2.05, 4.69) is 0 Å². The maximum absolute atomic E-state index is 12.0. The zero-order valence-corrected chi connectivity index (χ0v) is 6.37. The first kappa shape index (κ1) is 10.8. The van der Waals surface area contributed by atoms with Crippen LogP contribution in [0.4, 0.5) is 4.39 Å². The molecule has 1 unspecified atom stereocenters. The summed E-state index contributed by atoms with van der Waals surface area (Å²) in [7, 11) is 0. The molecule has 5 N–H and O–H groups in total. The maximum atomic E-state index is 12.0. The van der Waals surface area contributed by atoms with E-state index in [1.807, 2.05) is 0 Å². The van der Waals surface area contributed by atoms with Gasteiger partial charge in [0.2, 0.25) is 5.91 Å². The molecular weight excluding hydrogens is 167 g/mol. The molecule has 0 radical (unpaired) electrons. The molecular formula is C6H11FN2O3. The van der Waals surface area contributed by atoms with Gasteiger partial charge in [-0.05, 0) is 6.42 Å². The fraction of sp³-hybridized carbons (Fsp3) is 0.667. The van der Waals surface area contributed by atoms with Crippen LogP contribution in [-0.2, 0) is 9.59 Å². The molecule has 2 atom stereocenters. The van der Waals surface area contributed by atoms with Crippen molar-refractivity contribution in [2.45, 2.75) is 12.5 Å².